The van der Waals surface area contributed by atoms with Crippen LogP contribution >= 0.6 is 0 Å². The molecule has 0 saturated carbocycles. The smallest absolute Gasteiger partial charge is 0.407 e. The minimum Gasteiger partial charge on any atom is -0.445 e. The summed E-state index contributed by atoms with van der Waals surface area (Å²) in [5.41, 5.74) is 0. The van der Waals surface area contributed by atoms with Gasteiger partial charge in [0.1, 0.15) is 6.10 Å². The highest BCUT2D eigenvalue weighted by molar-refractivity contribution is 5.66. The molecular weight excluding hydrogens is 132 g/mol. The monoisotopic (exact) mass is 143 g/mol. The molecule has 0 spiro atoms. The minimum atomic E-state index is -0.359. The van der Waals surface area contributed by atoms with E-state index in [1.165, 1.54) is 0 Å². The van der Waals surface area contributed by atoms with Crippen molar-refractivity contribution in [3.63, 3.8) is 0 Å². The van der Waals surface area contributed by atoms with Gasteiger partial charge in [0, 0.05) is 26.6 Å². The van der Waals surface area contributed by atoms with Gasteiger partial charge in [-0.2, -0.15) is 0 Å². The normalized spacial score (nSPS) is 24.3. The number of hydrogen-bond acceptors (Lipinski definition) is 3. The van der Waals surface area contributed by atoms with Crippen molar-refractivity contribution in [2.45, 2.75) is 12.5 Å². The number of carbonyl (C=O) groups is 1. The third-order valence-corrected chi connectivity index (χ3v) is 1.35. The van der Waals surface area contributed by atoms with E-state index in [1.54, 1.807) is 7.05 Å². The highest BCUT2D eigenvalue weighted by atomic mass is 16.6. The Bertz CT molecular complexity index is 121. The summed E-state index contributed by atoms with van der Waals surface area (Å²) in [5.74, 6) is 0. The van der Waals surface area contributed by atoms with Crippen molar-refractivity contribution in [1.82, 2.24) is 10.6 Å². The lowest BCUT2D eigenvalue weighted by Gasteiger charge is -2.08. The highest BCUT2D eigenvalue weighted by Gasteiger charge is 2.17. The molecule has 2 N–H and O–H groups in total. The molecule has 10 heavy (non-hydrogen) atoms. The third-order valence-electron chi connectivity index (χ3n) is 1.35. The first-order valence-electron chi connectivity index (χ1n) is 3.26. The number of hydrogen-bond donors (Lipinski definition) is 2. The fraction of sp³-hybridized carbons (Fsp3) is 0.667. The average Bonchev–Trinajstić information content (AvgIpc) is 2.40. The van der Waals surface area contributed by atoms with Crippen LogP contribution in [-0.4, -0.2) is 25.8 Å². The molecule has 1 saturated heterocycles. The summed E-state index contributed by atoms with van der Waals surface area (Å²) in [7, 11) is 1.55. The summed E-state index contributed by atoms with van der Waals surface area (Å²) in [4.78, 5) is 10.6. The number of carbonyl (C=O) groups excluding carboxylic acids is 1. The average molecular weight is 143 g/mol. The molecule has 1 amide bonds. The molecule has 0 aromatic heterocycles. The van der Waals surface area contributed by atoms with Crippen molar-refractivity contribution in [3.05, 3.63) is 6.54 Å². The molecule has 1 rings (SSSR count). The fourth-order valence-corrected chi connectivity index (χ4v) is 0.813. The second kappa shape index (κ2) is 3.41. The van der Waals surface area contributed by atoms with E-state index in [0.29, 0.717) is 0 Å². The van der Waals surface area contributed by atoms with E-state index >= 15 is 0 Å². The van der Waals surface area contributed by atoms with Crippen LogP contribution in [0.3, 0.4) is 0 Å². The van der Waals surface area contributed by atoms with E-state index < -0.39 is 0 Å². The van der Waals surface area contributed by atoms with Crippen molar-refractivity contribution in [3.8, 4) is 0 Å². The van der Waals surface area contributed by atoms with Crippen LogP contribution in [0, 0.1) is 6.54 Å². The van der Waals surface area contributed by atoms with E-state index in [1.807, 2.05) is 6.54 Å². The summed E-state index contributed by atoms with van der Waals surface area (Å²) in [6.45, 7) is 2.63. The molecule has 1 heterocycles. The Morgan fingerprint density at radius 3 is 3.20 bits per heavy atom. The van der Waals surface area contributed by atoms with Gasteiger partial charge in [0.15, 0.2) is 0 Å². The van der Waals surface area contributed by atoms with Crippen LogP contribution in [0.5, 0.6) is 0 Å². The SMILES string of the molecule is CNC(=O)OC1C[CH]NC1. The fourth-order valence-electron chi connectivity index (χ4n) is 0.813. The summed E-state index contributed by atoms with van der Waals surface area (Å²) < 4.78 is 4.92. The second-order valence-electron chi connectivity index (χ2n) is 2.13. The Hall–Kier alpha value is -0.770. The van der Waals surface area contributed by atoms with Crippen LogP contribution in [0.4, 0.5) is 4.79 Å². The first-order chi connectivity index (χ1) is 4.83. The first-order valence-corrected chi connectivity index (χ1v) is 3.26. The van der Waals surface area contributed by atoms with Crippen LogP contribution < -0.4 is 10.6 Å². The maximum atomic E-state index is 10.6. The zero-order valence-corrected chi connectivity index (χ0v) is 5.89. The Morgan fingerprint density at radius 1 is 1.90 bits per heavy atom. The van der Waals surface area contributed by atoms with Crippen molar-refractivity contribution in [2.75, 3.05) is 13.6 Å². The molecule has 0 aliphatic carbocycles. The van der Waals surface area contributed by atoms with Gasteiger partial charge in [-0.25, -0.2) is 4.79 Å². The van der Waals surface area contributed by atoms with Gasteiger partial charge >= 0.3 is 6.09 Å². The molecule has 1 radical (unpaired) electrons. The molecule has 1 aliphatic rings. The Balaban J connectivity index is 2.17. The lowest BCUT2D eigenvalue weighted by Crippen LogP contribution is -2.27. The van der Waals surface area contributed by atoms with E-state index in [-0.39, 0.29) is 12.2 Å². The highest BCUT2D eigenvalue weighted by Crippen LogP contribution is 2.05. The van der Waals surface area contributed by atoms with Gasteiger partial charge in [-0.3, -0.25) is 0 Å². The van der Waals surface area contributed by atoms with Crippen LogP contribution in [0.1, 0.15) is 6.42 Å². The molecule has 0 bridgehead atoms. The predicted molar refractivity (Wildman–Crippen MR) is 36.2 cm³/mol. The summed E-state index contributed by atoms with van der Waals surface area (Å²) in [6, 6.07) is 0. The number of rotatable bonds is 1. The van der Waals surface area contributed by atoms with Gasteiger partial charge in [0.25, 0.3) is 0 Å². The number of amides is 1. The van der Waals surface area contributed by atoms with Gasteiger partial charge < -0.3 is 15.4 Å². The Morgan fingerprint density at radius 2 is 2.70 bits per heavy atom. The molecule has 4 nitrogen and oxygen atoms in total. The molecule has 0 aromatic carbocycles. The van der Waals surface area contributed by atoms with E-state index in [2.05, 4.69) is 10.6 Å². The molecule has 1 fully saturated rings. The van der Waals surface area contributed by atoms with Crippen molar-refractivity contribution in [1.29, 1.82) is 0 Å². The predicted octanol–water partition coefficient (Wildman–Crippen LogP) is -0.134. The van der Waals surface area contributed by atoms with Crippen LogP contribution in [-0.2, 0) is 4.74 Å². The minimum absolute atomic E-state index is 0.0138. The molecule has 0 aromatic rings. The molecule has 57 valence electrons. The topological polar surface area (TPSA) is 50.4 Å². The molecule has 4 heteroatoms. The van der Waals surface area contributed by atoms with Crippen molar-refractivity contribution in [2.24, 2.45) is 0 Å². The van der Waals surface area contributed by atoms with Crippen LogP contribution in [0.25, 0.3) is 0 Å². The summed E-state index contributed by atoms with van der Waals surface area (Å²) in [6.07, 6.45) is 0.454. The molecular formula is C6H11N2O2. The van der Waals surface area contributed by atoms with Gasteiger partial charge in [0.05, 0.1) is 0 Å². The van der Waals surface area contributed by atoms with Gasteiger partial charge in [-0.1, -0.05) is 0 Å². The van der Waals surface area contributed by atoms with E-state index in [0.717, 1.165) is 13.0 Å². The number of alkyl carbamates (subject to hydrolysis) is 1. The van der Waals surface area contributed by atoms with Crippen LogP contribution in [0.2, 0.25) is 0 Å². The Kier molecular flexibility index (Phi) is 2.50. The van der Waals surface area contributed by atoms with Crippen molar-refractivity contribution < 1.29 is 9.53 Å². The van der Waals surface area contributed by atoms with Crippen molar-refractivity contribution >= 4 is 6.09 Å². The lowest BCUT2D eigenvalue weighted by molar-refractivity contribution is 0.110. The van der Waals surface area contributed by atoms with Gasteiger partial charge in [-0.05, 0) is 0 Å². The zero-order valence-electron chi connectivity index (χ0n) is 5.89. The van der Waals surface area contributed by atoms with Crippen LogP contribution in [0.15, 0.2) is 0 Å². The number of ether oxygens (including phenoxy) is 1. The lowest BCUT2D eigenvalue weighted by atomic mass is 10.3. The maximum absolute atomic E-state index is 10.6. The van der Waals surface area contributed by atoms with Gasteiger partial charge in [-0.15, -0.1) is 0 Å². The second-order valence-corrected chi connectivity index (χ2v) is 2.13. The molecule has 1 aliphatic heterocycles. The molecule has 1 unspecified atom stereocenters. The quantitative estimate of drug-likeness (QED) is 0.537. The summed E-state index contributed by atoms with van der Waals surface area (Å²) >= 11 is 0. The maximum Gasteiger partial charge on any atom is 0.407 e. The third kappa shape index (κ3) is 1.88. The largest absolute Gasteiger partial charge is 0.445 e. The standard InChI is InChI=1S/C6H11N2O2/c1-7-6(9)10-5-2-3-8-4-5/h3,5,8H,2,4H2,1H3,(H,7,9). The van der Waals surface area contributed by atoms with E-state index in [4.69, 9.17) is 4.74 Å². The first kappa shape index (κ1) is 7.34. The molecule has 1 atom stereocenters. The van der Waals surface area contributed by atoms with E-state index in [9.17, 15) is 4.79 Å². The zero-order chi connectivity index (χ0) is 7.40. The Labute approximate surface area is 59.9 Å². The van der Waals surface area contributed by atoms with Gasteiger partial charge in [0.2, 0.25) is 0 Å². The summed E-state index contributed by atoms with van der Waals surface area (Å²) in [5, 5.41) is 5.36. The number of nitrogens with one attached hydrogen (secondary N) is 2.